The summed E-state index contributed by atoms with van der Waals surface area (Å²) in [6.45, 7) is 2.23. The molecule has 108 valence electrons. The second-order valence-corrected chi connectivity index (χ2v) is 5.64. The number of fused-ring (bicyclic) bond motifs is 1. The lowest BCUT2D eigenvalue weighted by Gasteiger charge is -2.11. The molecule has 0 radical (unpaired) electrons. The Hall–Kier alpha value is -1.62. The van der Waals surface area contributed by atoms with Gasteiger partial charge in [-0.25, -0.2) is 0 Å². The van der Waals surface area contributed by atoms with Gasteiger partial charge in [0.1, 0.15) is 0 Å². The minimum absolute atomic E-state index is 0.279. The van der Waals surface area contributed by atoms with Crippen LogP contribution in [0.5, 0.6) is 0 Å². The van der Waals surface area contributed by atoms with Gasteiger partial charge in [-0.15, -0.1) is 0 Å². The first-order chi connectivity index (χ1) is 10.3. The molecule has 1 N–H and O–H groups in total. The summed E-state index contributed by atoms with van der Waals surface area (Å²) in [5.41, 5.74) is 5.38. The lowest BCUT2D eigenvalue weighted by Crippen LogP contribution is -1.99. The van der Waals surface area contributed by atoms with Gasteiger partial charge in [-0.1, -0.05) is 17.7 Å². The number of rotatable bonds is 2. The molecule has 0 amide bonds. The molecule has 21 heavy (non-hydrogen) atoms. The van der Waals surface area contributed by atoms with E-state index in [2.05, 4.69) is 10.3 Å². The van der Waals surface area contributed by atoms with E-state index in [1.807, 2.05) is 30.5 Å². The van der Waals surface area contributed by atoms with Crippen molar-refractivity contribution in [3.05, 3.63) is 46.6 Å². The fourth-order valence-electron chi connectivity index (χ4n) is 2.87. The minimum atomic E-state index is -0.279. The van der Waals surface area contributed by atoms with E-state index in [9.17, 15) is 0 Å². The molecule has 2 aromatic rings. The van der Waals surface area contributed by atoms with Crippen LogP contribution in [0.4, 0.5) is 5.69 Å². The van der Waals surface area contributed by atoms with Crippen LogP contribution in [0.25, 0.3) is 11.3 Å². The van der Waals surface area contributed by atoms with Crippen molar-refractivity contribution in [2.75, 3.05) is 25.1 Å². The summed E-state index contributed by atoms with van der Waals surface area (Å²) < 4.78 is 11.0. The number of pyridine rings is 1. The van der Waals surface area contributed by atoms with Crippen LogP contribution in [-0.2, 0) is 15.9 Å². The van der Waals surface area contributed by atoms with Crippen LogP contribution in [0.15, 0.2) is 30.5 Å². The first kappa shape index (κ1) is 13.1. The predicted octanol–water partition coefficient (Wildman–Crippen LogP) is 3.42. The molecule has 1 saturated heterocycles. The van der Waals surface area contributed by atoms with E-state index < -0.39 is 0 Å². The number of nitrogens with one attached hydrogen (secondary N) is 1. The van der Waals surface area contributed by atoms with Crippen LogP contribution in [0, 0.1) is 0 Å². The van der Waals surface area contributed by atoms with E-state index in [4.69, 9.17) is 21.1 Å². The van der Waals surface area contributed by atoms with E-state index in [0.717, 1.165) is 40.5 Å². The predicted molar refractivity (Wildman–Crippen MR) is 81.5 cm³/mol. The Morgan fingerprint density at radius 1 is 1.19 bits per heavy atom. The van der Waals surface area contributed by atoms with Crippen molar-refractivity contribution in [3.63, 3.8) is 0 Å². The molecule has 3 heterocycles. The SMILES string of the molecule is Clc1cc2c(c(-c3ccc(C4OCCO4)cn3)c1)CCN2. The molecule has 0 aliphatic carbocycles. The topological polar surface area (TPSA) is 43.4 Å². The van der Waals surface area contributed by atoms with E-state index >= 15 is 0 Å². The molecule has 1 fully saturated rings. The Kier molecular flexibility index (Phi) is 3.30. The largest absolute Gasteiger partial charge is 0.384 e. The van der Waals surface area contributed by atoms with Crippen molar-refractivity contribution in [2.24, 2.45) is 0 Å². The summed E-state index contributed by atoms with van der Waals surface area (Å²) in [6, 6.07) is 7.97. The highest BCUT2D eigenvalue weighted by atomic mass is 35.5. The molecule has 0 spiro atoms. The van der Waals surface area contributed by atoms with Crippen LogP contribution >= 0.6 is 11.6 Å². The number of hydrogen-bond donors (Lipinski definition) is 1. The lowest BCUT2D eigenvalue weighted by molar-refractivity contribution is -0.0443. The molecule has 0 atom stereocenters. The van der Waals surface area contributed by atoms with E-state index in [-0.39, 0.29) is 6.29 Å². The Morgan fingerprint density at radius 2 is 2.05 bits per heavy atom. The quantitative estimate of drug-likeness (QED) is 0.923. The molecule has 5 heteroatoms. The minimum Gasteiger partial charge on any atom is -0.384 e. The van der Waals surface area contributed by atoms with Crippen molar-refractivity contribution in [1.82, 2.24) is 4.98 Å². The summed E-state index contributed by atoms with van der Waals surface area (Å²) in [4.78, 5) is 4.57. The lowest BCUT2D eigenvalue weighted by atomic mass is 10.0. The van der Waals surface area contributed by atoms with Crippen molar-refractivity contribution >= 4 is 17.3 Å². The molecule has 4 nitrogen and oxygen atoms in total. The number of aromatic nitrogens is 1. The first-order valence-corrected chi connectivity index (χ1v) is 7.45. The second-order valence-electron chi connectivity index (χ2n) is 5.21. The number of nitrogens with zero attached hydrogens (tertiary/aromatic N) is 1. The van der Waals surface area contributed by atoms with Gasteiger partial charge < -0.3 is 14.8 Å². The van der Waals surface area contributed by atoms with Gasteiger partial charge >= 0.3 is 0 Å². The molecule has 4 rings (SSSR count). The van der Waals surface area contributed by atoms with Gasteiger partial charge in [-0.2, -0.15) is 0 Å². The van der Waals surface area contributed by atoms with Crippen LogP contribution in [0.3, 0.4) is 0 Å². The second kappa shape index (κ2) is 5.30. The maximum Gasteiger partial charge on any atom is 0.185 e. The molecule has 0 saturated carbocycles. The number of ether oxygens (including phenoxy) is 2. The van der Waals surface area contributed by atoms with Crippen molar-refractivity contribution in [3.8, 4) is 11.3 Å². The number of anilines is 1. The molecule has 1 aromatic carbocycles. The average molecular weight is 303 g/mol. The van der Waals surface area contributed by atoms with Gasteiger partial charge in [0.05, 0.1) is 18.9 Å². The Balaban J connectivity index is 1.70. The number of benzene rings is 1. The van der Waals surface area contributed by atoms with Gasteiger partial charge in [0.2, 0.25) is 0 Å². The zero-order valence-corrected chi connectivity index (χ0v) is 12.2. The third-order valence-electron chi connectivity index (χ3n) is 3.86. The van der Waals surface area contributed by atoms with Crippen molar-refractivity contribution in [2.45, 2.75) is 12.7 Å². The monoisotopic (exact) mass is 302 g/mol. The normalized spacial score (nSPS) is 17.8. The smallest absolute Gasteiger partial charge is 0.185 e. The van der Waals surface area contributed by atoms with Crippen LogP contribution in [0.1, 0.15) is 17.4 Å². The molecular weight excluding hydrogens is 288 g/mol. The summed E-state index contributed by atoms with van der Waals surface area (Å²) in [5, 5.41) is 4.08. The highest BCUT2D eigenvalue weighted by molar-refractivity contribution is 6.31. The fourth-order valence-corrected chi connectivity index (χ4v) is 3.09. The standard InChI is InChI=1S/C16H15ClN2O2/c17-11-7-13(12-3-4-18-15(12)8-11)14-2-1-10(9-19-14)16-20-5-6-21-16/h1-2,7-9,16,18H,3-6H2. The molecule has 2 aliphatic rings. The zero-order valence-electron chi connectivity index (χ0n) is 11.4. The van der Waals surface area contributed by atoms with Crippen LogP contribution in [-0.4, -0.2) is 24.7 Å². The summed E-state index contributed by atoms with van der Waals surface area (Å²) in [7, 11) is 0. The molecule has 0 bridgehead atoms. The van der Waals surface area contributed by atoms with Gasteiger partial charge in [-0.05, 0) is 30.2 Å². The summed E-state index contributed by atoms with van der Waals surface area (Å²) >= 11 is 6.21. The third-order valence-corrected chi connectivity index (χ3v) is 4.08. The Morgan fingerprint density at radius 3 is 2.81 bits per heavy atom. The molecule has 2 aliphatic heterocycles. The maximum absolute atomic E-state index is 6.21. The Bertz CT molecular complexity index is 667. The van der Waals surface area contributed by atoms with Gasteiger partial charge in [0.15, 0.2) is 6.29 Å². The average Bonchev–Trinajstić information content (AvgIpc) is 3.17. The van der Waals surface area contributed by atoms with Crippen LogP contribution < -0.4 is 5.32 Å². The summed E-state index contributed by atoms with van der Waals surface area (Å²) in [5.74, 6) is 0. The van der Waals surface area contributed by atoms with Crippen LogP contribution in [0.2, 0.25) is 5.02 Å². The van der Waals surface area contributed by atoms with Gasteiger partial charge in [-0.3, -0.25) is 4.98 Å². The van der Waals surface area contributed by atoms with Crippen molar-refractivity contribution in [1.29, 1.82) is 0 Å². The van der Waals surface area contributed by atoms with E-state index in [1.165, 1.54) is 5.56 Å². The third kappa shape index (κ3) is 2.39. The highest BCUT2D eigenvalue weighted by Gasteiger charge is 2.20. The Labute approximate surface area is 128 Å². The molecule has 0 unspecified atom stereocenters. The zero-order chi connectivity index (χ0) is 14.2. The fraction of sp³-hybridized carbons (Fsp3) is 0.312. The molecular formula is C16H15ClN2O2. The number of halogens is 1. The maximum atomic E-state index is 6.21. The van der Waals surface area contributed by atoms with E-state index in [0.29, 0.717) is 13.2 Å². The number of hydrogen-bond acceptors (Lipinski definition) is 4. The molecule has 1 aromatic heterocycles. The van der Waals surface area contributed by atoms with Gasteiger partial charge in [0, 0.05) is 34.6 Å². The van der Waals surface area contributed by atoms with E-state index in [1.54, 1.807) is 0 Å². The summed E-state index contributed by atoms with van der Waals surface area (Å²) in [6.07, 6.45) is 2.54. The van der Waals surface area contributed by atoms with Crippen molar-refractivity contribution < 1.29 is 9.47 Å². The highest BCUT2D eigenvalue weighted by Crippen LogP contribution is 2.35. The van der Waals surface area contributed by atoms with Gasteiger partial charge in [0.25, 0.3) is 0 Å². The first-order valence-electron chi connectivity index (χ1n) is 7.07.